The van der Waals surface area contributed by atoms with Crippen LogP contribution in [0.25, 0.3) is 6.08 Å². The summed E-state index contributed by atoms with van der Waals surface area (Å²) in [6, 6.07) is 3.63. The van der Waals surface area contributed by atoms with Crippen molar-refractivity contribution in [2.24, 2.45) is 0 Å². The Morgan fingerprint density at radius 1 is 1.38 bits per heavy atom. The number of anilines is 1. The summed E-state index contributed by atoms with van der Waals surface area (Å²) in [6.07, 6.45) is 4.76. The smallest absolute Gasteiger partial charge is 0.250 e. The van der Waals surface area contributed by atoms with Gasteiger partial charge in [-0.3, -0.25) is 10.1 Å². The van der Waals surface area contributed by atoms with Crippen molar-refractivity contribution in [3.05, 3.63) is 39.8 Å². The first-order chi connectivity index (χ1) is 10.1. The van der Waals surface area contributed by atoms with Crippen LogP contribution in [0.5, 0.6) is 11.5 Å². The summed E-state index contributed by atoms with van der Waals surface area (Å²) in [5.74, 6) is 0.963. The average molecular weight is 369 g/mol. The molecule has 1 N–H and O–H groups in total. The largest absolute Gasteiger partial charge is 0.493 e. The molecule has 0 fully saturated rings. The SMILES string of the molecule is COc1cc(/C=C/C(=O)Nc2nccs2)cc(Br)c1OC. The molecule has 1 aromatic heterocycles. The highest BCUT2D eigenvalue weighted by molar-refractivity contribution is 9.10. The Morgan fingerprint density at radius 3 is 2.81 bits per heavy atom. The van der Waals surface area contributed by atoms with Gasteiger partial charge in [-0.1, -0.05) is 0 Å². The summed E-state index contributed by atoms with van der Waals surface area (Å²) in [5, 5.41) is 5.04. The van der Waals surface area contributed by atoms with Crippen LogP contribution in [0.15, 0.2) is 34.3 Å². The zero-order chi connectivity index (χ0) is 15.2. The van der Waals surface area contributed by atoms with Gasteiger partial charge < -0.3 is 9.47 Å². The standard InChI is InChI=1S/C14H13BrN2O3S/c1-19-11-8-9(7-10(15)13(11)20-2)3-4-12(18)17-14-16-5-6-21-14/h3-8H,1-2H3,(H,16,17,18)/b4-3+. The Bertz CT molecular complexity index is 656. The molecule has 0 radical (unpaired) electrons. The first-order valence-electron chi connectivity index (χ1n) is 5.94. The quantitative estimate of drug-likeness (QED) is 0.819. The fraction of sp³-hybridized carbons (Fsp3) is 0.143. The summed E-state index contributed by atoms with van der Waals surface area (Å²) in [7, 11) is 3.13. The molecule has 0 spiro atoms. The number of nitrogens with zero attached hydrogens (tertiary/aromatic N) is 1. The number of ether oxygens (including phenoxy) is 2. The van der Waals surface area contributed by atoms with E-state index >= 15 is 0 Å². The molecule has 0 saturated heterocycles. The summed E-state index contributed by atoms with van der Waals surface area (Å²) < 4.78 is 11.2. The van der Waals surface area contributed by atoms with E-state index in [1.165, 1.54) is 17.4 Å². The Hall–Kier alpha value is -1.86. The van der Waals surface area contributed by atoms with E-state index < -0.39 is 0 Å². The van der Waals surface area contributed by atoms with Crippen LogP contribution in [0.1, 0.15) is 5.56 Å². The number of carbonyl (C=O) groups is 1. The van der Waals surface area contributed by atoms with Crippen LogP contribution in [0.2, 0.25) is 0 Å². The Balaban J connectivity index is 2.13. The van der Waals surface area contributed by atoms with Gasteiger partial charge in [-0.05, 0) is 39.7 Å². The molecule has 0 unspecified atom stereocenters. The van der Waals surface area contributed by atoms with E-state index in [0.717, 1.165) is 10.0 Å². The molecule has 21 heavy (non-hydrogen) atoms. The van der Waals surface area contributed by atoms with E-state index in [1.807, 2.05) is 6.07 Å². The highest BCUT2D eigenvalue weighted by atomic mass is 79.9. The van der Waals surface area contributed by atoms with Crippen molar-refractivity contribution in [3.8, 4) is 11.5 Å². The summed E-state index contributed by atoms with van der Waals surface area (Å²) in [6.45, 7) is 0. The highest BCUT2D eigenvalue weighted by Crippen LogP contribution is 2.36. The van der Waals surface area contributed by atoms with Crippen molar-refractivity contribution in [1.29, 1.82) is 0 Å². The first-order valence-corrected chi connectivity index (χ1v) is 7.61. The van der Waals surface area contributed by atoms with Crippen molar-refractivity contribution in [3.63, 3.8) is 0 Å². The molecule has 5 nitrogen and oxygen atoms in total. The number of methoxy groups -OCH3 is 2. The van der Waals surface area contributed by atoms with E-state index in [4.69, 9.17) is 9.47 Å². The fourth-order valence-electron chi connectivity index (χ4n) is 1.64. The number of hydrogen-bond acceptors (Lipinski definition) is 5. The zero-order valence-corrected chi connectivity index (χ0v) is 13.8. The predicted octanol–water partition coefficient (Wildman–Crippen LogP) is 3.57. The van der Waals surface area contributed by atoms with Crippen LogP contribution in [-0.2, 0) is 4.79 Å². The molecular formula is C14H13BrN2O3S. The van der Waals surface area contributed by atoms with Crippen LogP contribution in [-0.4, -0.2) is 25.1 Å². The van der Waals surface area contributed by atoms with E-state index in [-0.39, 0.29) is 5.91 Å². The zero-order valence-electron chi connectivity index (χ0n) is 11.4. The van der Waals surface area contributed by atoms with Crippen LogP contribution in [0.4, 0.5) is 5.13 Å². The Labute approximate surface area is 134 Å². The van der Waals surface area contributed by atoms with Gasteiger partial charge in [-0.25, -0.2) is 4.98 Å². The van der Waals surface area contributed by atoms with Gasteiger partial charge in [0, 0.05) is 17.7 Å². The van der Waals surface area contributed by atoms with E-state index in [1.54, 1.807) is 37.9 Å². The van der Waals surface area contributed by atoms with E-state index in [0.29, 0.717) is 16.6 Å². The summed E-state index contributed by atoms with van der Waals surface area (Å²) in [4.78, 5) is 15.7. The minimum absolute atomic E-state index is 0.240. The van der Waals surface area contributed by atoms with Gasteiger partial charge in [0.25, 0.3) is 0 Å². The lowest BCUT2D eigenvalue weighted by atomic mass is 10.2. The lowest BCUT2D eigenvalue weighted by Gasteiger charge is -2.10. The average Bonchev–Trinajstić information content (AvgIpc) is 2.97. The molecule has 2 aromatic rings. The fourth-order valence-corrected chi connectivity index (χ4v) is 2.79. The van der Waals surface area contributed by atoms with Crippen LogP contribution in [0.3, 0.4) is 0 Å². The van der Waals surface area contributed by atoms with Crippen molar-refractivity contribution in [2.75, 3.05) is 19.5 Å². The normalized spacial score (nSPS) is 10.6. The molecule has 1 amide bonds. The molecule has 7 heteroatoms. The molecule has 0 atom stereocenters. The molecule has 0 aliphatic heterocycles. The van der Waals surface area contributed by atoms with E-state index in [9.17, 15) is 4.79 Å². The van der Waals surface area contributed by atoms with Gasteiger partial charge in [0.1, 0.15) is 0 Å². The molecule has 0 saturated carbocycles. The van der Waals surface area contributed by atoms with Gasteiger partial charge in [0.2, 0.25) is 5.91 Å². The minimum Gasteiger partial charge on any atom is -0.493 e. The third-order valence-corrected chi connectivity index (χ3v) is 3.82. The van der Waals surface area contributed by atoms with E-state index in [2.05, 4.69) is 26.2 Å². The van der Waals surface area contributed by atoms with Crippen molar-refractivity contribution < 1.29 is 14.3 Å². The number of aromatic nitrogens is 1. The lowest BCUT2D eigenvalue weighted by Crippen LogP contribution is -2.07. The summed E-state index contributed by atoms with van der Waals surface area (Å²) in [5.41, 5.74) is 0.814. The second-order valence-corrected chi connectivity index (χ2v) is 5.65. The second kappa shape index (κ2) is 7.24. The van der Waals surface area contributed by atoms with Gasteiger partial charge in [-0.15, -0.1) is 11.3 Å². The minimum atomic E-state index is -0.240. The Kier molecular flexibility index (Phi) is 5.35. The van der Waals surface area contributed by atoms with Gasteiger partial charge in [-0.2, -0.15) is 0 Å². The van der Waals surface area contributed by atoms with Crippen LogP contribution in [0, 0.1) is 0 Å². The number of hydrogen-bond donors (Lipinski definition) is 1. The van der Waals surface area contributed by atoms with Gasteiger partial charge >= 0.3 is 0 Å². The van der Waals surface area contributed by atoms with Crippen LogP contribution < -0.4 is 14.8 Å². The predicted molar refractivity (Wildman–Crippen MR) is 87.0 cm³/mol. The maximum atomic E-state index is 11.7. The number of carbonyl (C=O) groups excluding carboxylic acids is 1. The second-order valence-electron chi connectivity index (χ2n) is 3.90. The number of halogens is 1. The lowest BCUT2D eigenvalue weighted by molar-refractivity contribution is -0.111. The van der Waals surface area contributed by atoms with Crippen molar-refractivity contribution >= 4 is 44.4 Å². The van der Waals surface area contributed by atoms with Crippen LogP contribution >= 0.6 is 27.3 Å². The highest BCUT2D eigenvalue weighted by Gasteiger charge is 2.09. The molecular weight excluding hydrogens is 356 g/mol. The summed E-state index contributed by atoms with van der Waals surface area (Å²) >= 11 is 4.77. The first kappa shape index (κ1) is 15.5. The Morgan fingerprint density at radius 2 is 2.19 bits per heavy atom. The molecule has 0 aliphatic rings. The number of thiazole rings is 1. The molecule has 110 valence electrons. The number of rotatable bonds is 5. The molecule has 2 rings (SSSR count). The maximum absolute atomic E-state index is 11.7. The molecule has 1 aromatic carbocycles. The van der Waals surface area contributed by atoms with Gasteiger partial charge in [0.15, 0.2) is 16.6 Å². The molecule has 0 aliphatic carbocycles. The number of nitrogens with one attached hydrogen (secondary N) is 1. The number of benzene rings is 1. The maximum Gasteiger partial charge on any atom is 0.250 e. The third kappa shape index (κ3) is 4.05. The monoisotopic (exact) mass is 368 g/mol. The van der Waals surface area contributed by atoms with Crippen molar-refractivity contribution in [2.45, 2.75) is 0 Å². The molecule has 1 heterocycles. The number of amides is 1. The van der Waals surface area contributed by atoms with Gasteiger partial charge in [0.05, 0.1) is 18.7 Å². The topological polar surface area (TPSA) is 60.5 Å². The molecule has 0 bridgehead atoms. The third-order valence-electron chi connectivity index (χ3n) is 2.55. The van der Waals surface area contributed by atoms with Crippen molar-refractivity contribution in [1.82, 2.24) is 4.98 Å².